The van der Waals surface area contributed by atoms with E-state index in [1.165, 1.54) is 20.3 Å². The van der Waals surface area contributed by atoms with E-state index in [4.69, 9.17) is 9.47 Å². The van der Waals surface area contributed by atoms with Crippen molar-refractivity contribution in [1.82, 2.24) is 5.32 Å². The van der Waals surface area contributed by atoms with Gasteiger partial charge in [-0.3, -0.25) is 9.10 Å². The molecule has 0 aliphatic heterocycles. The highest BCUT2D eigenvalue weighted by Crippen LogP contribution is 2.32. The third kappa shape index (κ3) is 5.89. The summed E-state index contributed by atoms with van der Waals surface area (Å²) in [6, 6.07) is 11.5. The van der Waals surface area contributed by atoms with Gasteiger partial charge in [0.25, 0.3) is 10.0 Å². The van der Waals surface area contributed by atoms with Crippen LogP contribution in [0.1, 0.15) is 26.3 Å². The fourth-order valence-electron chi connectivity index (χ4n) is 2.73. The molecule has 8 heteroatoms. The maximum atomic E-state index is 13.6. The van der Waals surface area contributed by atoms with Crippen LogP contribution < -0.4 is 19.1 Å². The fraction of sp³-hybridized carbons (Fsp3) is 0.409. The van der Waals surface area contributed by atoms with Gasteiger partial charge in [0.15, 0.2) is 0 Å². The first-order valence-electron chi connectivity index (χ1n) is 9.56. The van der Waals surface area contributed by atoms with Crippen LogP contribution >= 0.6 is 0 Å². The maximum Gasteiger partial charge on any atom is 0.268 e. The summed E-state index contributed by atoms with van der Waals surface area (Å²) in [6.45, 7) is 7.81. The lowest BCUT2D eigenvalue weighted by atomic mass is 9.97. The number of hydrogen-bond acceptors (Lipinski definition) is 5. The van der Waals surface area contributed by atoms with Gasteiger partial charge in [0.2, 0.25) is 5.91 Å². The number of benzene rings is 2. The first kappa shape index (κ1) is 23.5. The molecule has 0 aliphatic carbocycles. The van der Waals surface area contributed by atoms with Crippen molar-refractivity contribution in [2.75, 3.05) is 31.6 Å². The lowest BCUT2D eigenvalue weighted by molar-refractivity contribution is -0.120. The molecule has 1 amide bonds. The van der Waals surface area contributed by atoms with Gasteiger partial charge in [0.1, 0.15) is 22.9 Å². The van der Waals surface area contributed by atoms with E-state index in [0.29, 0.717) is 18.0 Å². The molecule has 0 saturated carbocycles. The van der Waals surface area contributed by atoms with E-state index in [1.54, 1.807) is 43.3 Å². The van der Waals surface area contributed by atoms with Crippen LogP contribution in [0, 0.1) is 12.3 Å². The molecule has 0 fully saturated rings. The Morgan fingerprint density at radius 3 is 2.37 bits per heavy atom. The van der Waals surface area contributed by atoms with Crippen molar-refractivity contribution < 1.29 is 22.7 Å². The predicted octanol–water partition coefficient (Wildman–Crippen LogP) is 3.37. The van der Waals surface area contributed by atoms with E-state index in [9.17, 15) is 13.2 Å². The molecular formula is C22H30N2O5S. The minimum atomic E-state index is -4.10. The second kappa shape index (κ2) is 9.38. The fourth-order valence-corrected chi connectivity index (χ4v) is 4.39. The van der Waals surface area contributed by atoms with Gasteiger partial charge in [-0.1, -0.05) is 32.9 Å². The highest BCUT2D eigenvalue weighted by Gasteiger charge is 2.30. The molecule has 1 N–H and O–H groups in total. The molecule has 0 heterocycles. The number of sulfonamides is 1. The van der Waals surface area contributed by atoms with Crippen LogP contribution in [-0.2, 0) is 14.8 Å². The average Bonchev–Trinajstić information content (AvgIpc) is 2.69. The van der Waals surface area contributed by atoms with E-state index in [0.717, 1.165) is 9.87 Å². The lowest BCUT2D eigenvalue weighted by Crippen LogP contribution is -2.43. The third-order valence-corrected chi connectivity index (χ3v) is 6.13. The van der Waals surface area contributed by atoms with E-state index >= 15 is 0 Å². The zero-order chi connectivity index (χ0) is 22.5. The lowest BCUT2D eigenvalue weighted by Gasteiger charge is -2.26. The summed E-state index contributed by atoms with van der Waals surface area (Å²) in [7, 11) is -1.19. The number of anilines is 1. The number of amides is 1. The molecule has 30 heavy (non-hydrogen) atoms. The summed E-state index contributed by atoms with van der Waals surface area (Å²) in [5, 5.41) is 2.81. The Bertz CT molecular complexity index is 997. The molecule has 0 aliphatic rings. The summed E-state index contributed by atoms with van der Waals surface area (Å²) in [5.41, 5.74) is 0.954. The number of hydrogen-bond donors (Lipinski definition) is 1. The van der Waals surface area contributed by atoms with Crippen LogP contribution in [0.3, 0.4) is 0 Å². The van der Waals surface area contributed by atoms with Crippen molar-refractivity contribution in [2.45, 2.75) is 32.6 Å². The number of rotatable bonds is 8. The molecule has 0 bridgehead atoms. The maximum absolute atomic E-state index is 13.6. The van der Waals surface area contributed by atoms with Crippen molar-refractivity contribution in [2.24, 2.45) is 5.41 Å². The molecule has 7 nitrogen and oxygen atoms in total. The van der Waals surface area contributed by atoms with Crippen LogP contribution in [0.15, 0.2) is 47.4 Å². The Hall–Kier alpha value is -2.74. The molecule has 0 spiro atoms. The van der Waals surface area contributed by atoms with Crippen LogP contribution in [0.2, 0.25) is 0 Å². The Balaban J connectivity index is 2.52. The number of carbonyl (C=O) groups excluding carboxylic acids is 1. The van der Waals surface area contributed by atoms with Crippen LogP contribution in [-0.4, -0.2) is 41.6 Å². The summed E-state index contributed by atoms with van der Waals surface area (Å²) in [6.07, 6.45) is 0. The van der Waals surface area contributed by atoms with Crippen LogP contribution in [0.5, 0.6) is 11.5 Å². The topological polar surface area (TPSA) is 84.9 Å². The van der Waals surface area contributed by atoms with Gasteiger partial charge in [-0.05, 0) is 42.2 Å². The molecular weight excluding hydrogens is 404 g/mol. The van der Waals surface area contributed by atoms with Gasteiger partial charge in [-0.15, -0.1) is 0 Å². The van der Waals surface area contributed by atoms with E-state index in [2.05, 4.69) is 5.32 Å². The van der Waals surface area contributed by atoms with Gasteiger partial charge in [-0.25, -0.2) is 8.42 Å². The molecule has 2 aromatic rings. The molecule has 0 radical (unpaired) electrons. The second-order valence-electron chi connectivity index (χ2n) is 8.20. The quantitative estimate of drug-likeness (QED) is 0.689. The Morgan fingerprint density at radius 2 is 1.77 bits per heavy atom. The summed E-state index contributed by atoms with van der Waals surface area (Å²) in [4.78, 5) is 12.6. The molecule has 0 unspecified atom stereocenters. The Labute approximate surface area is 179 Å². The number of aryl methyl sites for hydroxylation is 1. The van der Waals surface area contributed by atoms with Crippen molar-refractivity contribution in [3.63, 3.8) is 0 Å². The van der Waals surface area contributed by atoms with Gasteiger partial charge in [0, 0.05) is 12.6 Å². The number of methoxy groups -OCH3 is 2. The highest BCUT2D eigenvalue weighted by atomic mass is 32.2. The molecule has 164 valence electrons. The summed E-state index contributed by atoms with van der Waals surface area (Å²) in [5.74, 6) is 0.297. The molecule has 0 atom stereocenters. The van der Waals surface area contributed by atoms with Crippen molar-refractivity contribution >= 4 is 21.6 Å². The normalized spacial score (nSPS) is 11.7. The predicted molar refractivity (Wildman–Crippen MR) is 118 cm³/mol. The smallest absolute Gasteiger partial charge is 0.268 e. The van der Waals surface area contributed by atoms with Crippen molar-refractivity contribution in [1.29, 1.82) is 0 Å². The highest BCUT2D eigenvalue weighted by molar-refractivity contribution is 7.93. The van der Waals surface area contributed by atoms with E-state index in [-0.39, 0.29) is 22.6 Å². The molecule has 0 aromatic heterocycles. The van der Waals surface area contributed by atoms with Gasteiger partial charge in [0.05, 0.1) is 19.9 Å². The number of carbonyl (C=O) groups is 1. The standard InChI is InChI=1S/C22H30N2O5S/c1-16-10-11-19(29-6)20(12-16)30(26,27)24(14-21(25)23-15-22(2,3)4)17-8-7-9-18(13-17)28-5/h7-13H,14-15H2,1-6H3,(H,23,25). The molecule has 0 saturated heterocycles. The van der Waals surface area contributed by atoms with Crippen molar-refractivity contribution in [3.8, 4) is 11.5 Å². The second-order valence-corrected chi connectivity index (χ2v) is 10.0. The SMILES string of the molecule is COc1cccc(N(CC(=O)NCC(C)(C)C)S(=O)(=O)c2cc(C)ccc2OC)c1. The van der Waals surface area contributed by atoms with Crippen LogP contribution in [0.25, 0.3) is 0 Å². The largest absolute Gasteiger partial charge is 0.497 e. The summed E-state index contributed by atoms with van der Waals surface area (Å²) < 4.78 is 38.8. The number of nitrogens with one attached hydrogen (secondary N) is 1. The Morgan fingerprint density at radius 1 is 1.07 bits per heavy atom. The van der Waals surface area contributed by atoms with Crippen LogP contribution in [0.4, 0.5) is 5.69 Å². The van der Waals surface area contributed by atoms with E-state index < -0.39 is 15.9 Å². The summed E-state index contributed by atoms with van der Waals surface area (Å²) >= 11 is 0. The van der Waals surface area contributed by atoms with Gasteiger partial charge < -0.3 is 14.8 Å². The third-order valence-electron chi connectivity index (χ3n) is 4.33. The monoisotopic (exact) mass is 434 g/mol. The molecule has 2 aromatic carbocycles. The minimum Gasteiger partial charge on any atom is -0.497 e. The molecule has 2 rings (SSSR count). The first-order valence-corrected chi connectivity index (χ1v) is 11.0. The van der Waals surface area contributed by atoms with E-state index in [1.807, 2.05) is 20.8 Å². The zero-order valence-corrected chi connectivity index (χ0v) is 19.2. The minimum absolute atomic E-state index is 0.00330. The van der Waals surface area contributed by atoms with Gasteiger partial charge >= 0.3 is 0 Å². The zero-order valence-electron chi connectivity index (χ0n) is 18.4. The average molecular weight is 435 g/mol. The first-order chi connectivity index (χ1) is 14.0. The van der Waals surface area contributed by atoms with Gasteiger partial charge in [-0.2, -0.15) is 0 Å². The Kier molecular flexibility index (Phi) is 7.36. The number of ether oxygens (including phenoxy) is 2. The van der Waals surface area contributed by atoms with Crippen molar-refractivity contribution in [3.05, 3.63) is 48.0 Å². The number of nitrogens with zero attached hydrogens (tertiary/aromatic N) is 1.